The van der Waals surface area contributed by atoms with Gasteiger partial charge in [-0.2, -0.15) is 5.10 Å². The summed E-state index contributed by atoms with van der Waals surface area (Å²) < 4.78 is 12.7. The van der Waals surface area contributed by atoms with E-state index in [2.05, 4.69) is 10.5 Å². The summed E-state index contributed by atoms with van der Waals surface area (Å²) in [5.74, 6) is -1.15. The van der Waals surface area contributed by atoms with Crippen molar-refractivity contribution >= 4 is 35.3 Å². The van der Waals surface area contributed by atoms with Gasteiger partial charge in [-0.15, -0.1) is 0 Å². The molecule has 2 rings (SSSR count). The molecule has 108 valence electrons. The highest BCUT2D eigenvalue weighted by atomic mass is 35.5. The third-order valence-corrected chi connectivity index (χ3v) is 3.04. The lowest BCUT2D eigenvalue weighted by molar-refractivity contribution is 0.0955. The van der Waals surface area contributed by atoms with Crippen LogP contribution in [0.5, 0.6) is 5.75 Å². The van der Waals surface area contributed by atoms with Crippen LogP contribution in [0.25, 0.3) is 0 Å². The van der Waals surface area contributed by atoms with Crippen molar-refractivity contribution in [3.8, 4) is 5.75 Å². The van der Waals surface area contributed by atoms with Crippen molar-refractivity contribution in [1.29, 1.82) is 0 Å². The van der Waals surface area contributed by atoms with E-state index in [0.717, 1.165) is 0 Å². The van der Waals surface area contributed by atoms with Gasteiger partial charge in [0.25, 0.3) is 5.91 Å². The Morgan fingerprint density at radius 2 is 1.90 bits per heavy atom. The molecule has 0 spiro atoms. The molecule has 0 fully saturated rings. The predicted molar refractivity (Wildman–Crippen MR) is 79.6 cm³/mol. The molecule has 0 radical (unpaired) electrons. The number of benzene rings is 2. The molecule has 1 amide bonds. The van der Waals surface area contributed by atoms with Gasteiger partial charge in [0.2, 0.25) is 0 Å². The topological polar surface area (TPSA) is 61.7 Å². The molecule has 21 heavy (non-hydrogen) atoms. The number of rotatable bonds is 3. The lowest BCUT2D eigenvalue weighted by atomic mass is 10.2. The van der Waals surface area contributed by atoms with E-state index < -0.39 is 11.7 Å². The van der Waals surface area contributed by atoms with E-state index in [1.54, 1.807) is 0 Å². The molecule has 2 aromatic carbocycles. The number of carbonyl (C=O) groups is 1. The summed E-state index contributed by atoms with van der Waals surface area (Å²) in [5.41, 5.74) is 2.75. The second-order valence-electron chi connectivity index (χ2n) is 4.03. The Labute approximate surface area is 129 Å². The zero-order chi connectivity index (χ0) is 15.4. The number of halogens is 3. The molecule has 0 aliphatic heterocycles. The third-order valence-electron chi connectivity index (χ3n) is 2.53. The second kappa shape index (κ2) is 6.56. The molecule has 0 bridgehead atoms. The lowest BCUT2D eigenvalue weighted by Gasteiger charge is -2.03. The third kappa shape index (κ3) is 3.93. The number of nitrogens with one attached hydrogen (secondary N) is 1. The number of aromatic hydroxyl groups is 1. The standard InChI is InChI=1S/C14H9Cl2FN2O2/c15-10-5-9(13(20)12(16)6-10)7-18-19-14(21)8-1-3-11(17)4-2-8/h1-7,20H,(H,19,21). The SMILES string of the molecule is O=C(NN=Cc1cc(Cl)cc(Cl)c1O)c1ccc(F)cc1. The van der Waals surface area contributed by atoms with Gasteiger partial charge in [0.15, 0.2) is 0 Å². The minimum atomic E-state index is -0.515. The van der Waals surface area contributed by atoms with E-state index >= 15 is 0 Å². The molecule has 0 saturated heterocycles. The van der Waals surface area contributed by atoms with Crippen molar-refractivity contribution in [2.45, 2.75) is 0 Å². The molecule has 0 aliphatic carbocycles. The van der Waals surface area contributed by atoms with E-state index in [4.69, 9.17) is 23.2 Å². The van der Waals surface area contributed by atoms with E-state index in [9.17, 15) is 14.3 Å². The van der Waals surface area contributed by atoms with Gasteiger partial charge in [-0.05, 0) is 36.4 Å². The summed E-state index contributed by atoms with van der Waals surface area (Å²) >= 11 is 11.5. The van der Waals surface area contributed by atoms with Crippen LogP contribution in [-0.2, 0) is 0 Å². The highest BCUT2D eigenvalue weighted by Crippen LogP contribution is 2.29. The van der Waals surface area contributed by atoms with Crippen molar-refractivity contribution in [2.75, 3.05) is 0 Å². The van der Waals surface area contributed by atoms with Gasteiger partial charge in [0.05, 0.1) is 11.2 Å². The Bertz CT molecular complexity index is 703. The van der Waals surface area contributed by atoms with E-state index in [0.29, 0.717) is 5.02 Å². The molecular formula is C14H9Cl2FN2O2. The molecular weight excluding hydrogens is 318 g/mol. The maximum absolute atomic E-state index is 12.7. The largest absolute Gasteiger partial charge is 0.506 e. The first-order chi connectivity index (χ1) is 9.97. The van der Waals surface area contributed by atoms with Crippen LogP contribution in [-0.4, -0.2) is 17.2 Å². The Hall–Kier alpha value is -2.11. The van der Waals surface area contributed by atoms with Crippen molar-refractivity contribution < 1.29 is 14.3 Å². The average molecular weight is 327 g/mol. The highest BCUT2D eigenvalue weighted by molar-refractivity contribution is 6.36. The number of nitrogens with zero attached hydrogens (tertiary/aromatic N) is 1. The van der Waals surface area contributed by atoms with Crippen LogP contribution in [0.4, 0.5) is 4.39 Å². The fraction of sp³-hybridized carbons (Fsp3) is 0. The van der Waals surface area contributed by atoms with Crippen molar-refractivity contribution in [3.63, 3.8) is 0 Å². The predicted octanol–water partition coefficient (Wildman–Crippen LogP) is 3.60. The van der Waals surface area contributed by atoms with Gasteiger partial charge in [-0.1, -0.05) is 23.2 Å². The molecule has 2 N–H and O–H groups in total. The molecule has 0 saturated carbocycles. The van der Waals surface area contributed by atoms with E-state index in [1.807, 2.05) is 0 Å². The minimum absolute atomic E-state index is 0.0776. The maximum atomic E-state index is 12.7. The number of phenolic OH excluding ortho intramolecular Hbond substituents is 1. The van der Waals surface area contributed by atoms with Crippen molar-refractivity contribution in [2.24, 2.45) is 5.10 Å². The quantitative estimate of drug-likeness (QED) is 0.668. The highest BCUT2D eigenvalue weighted by Gasteiger charge is 2.07. The first kappa shape index (κ1) is 15.3. The normalized spacial score (nSPS) is 10.8. The lowest BCUT2D eigenvalue weighted by Crippen LogP contribution is -2.17. The zero-order valence-electron chi connectivity index (χ0n) is 10.5. The number of hydrogen-bond acceptors (Lipinski definition) is 3. The minimum Gasteiger partial charge on any atom is -0.506 e. The molecule has 4 nitrogen and oxygen atoms in total. The monoisotopic (exact) mass is 326 g/mol. The average Bonchev–Trinajstić information content (AvgIpc) is 2.44. The van der Waals surface area contributed by atoms with E-state index in [-0.39, 0.29) is 21.9 Å². The first-order valence-electron chi connectivity index (χ1n) is 5.74. The summed E-state index contributed by atoms with van der Waals surface area (Å²) in [7, 11) is 0. The van der Waals surface area contributed by atoms with Crippen LogP contribution in [0.15, 0.2) is 41.5 Å². The Balaban J connectivity index is 2.09. The summed E-state index contributed by atoms with van der Waals surface area (Å²) in [6, 6.07) is 7.81. The van der Waals surface area contributed by atoms with E-state index in [1.165, 1.54) is 42.6 Å². The summed E-state index contributed by atoms with van der Waals surface area (Å²) in [5, 5.41) is 13.8. The van der Waals surface area contributed by atoms with Gasteiger partial charge >= 0.3 is 0 Å². The van der Waals surface area contributed by atoms with Crippen LogP contribution in [0.1, 0.15) is 15.9 Å². The van der Waals surface area contributed by atoms with Crippen molar-refractivity contribution in [3.05, 3.63) is 63.4 Å². The smallest absolute Gasteiger partial charge is 0.271 e. The summed E-state index contributed by atoms with van der Waals surface area (Å²) in [6.07, 6.45) is 1.20. The first-order valence-corrected chi connectivity index (χ1v) is 6.50. The molecule has 0 heterocycles. The number of amides is 1. The second-order valence-corrected chi connectivity index (χ2v) is 4.88. The van der Waals surface area contributed by atoms with Gasteiger partial charge < -0.3 is 5.11 Å². The molecule has 0 unspecified atom stereocenters. The van der Waals surface area contributed by atoms with Crippen LogP contribution >= 0.6 is 23.2 Å². The van der Waals surface area contributed by atoms with Crippen LogP contribution in [0.2, 0.25) is 10.0 Å². The number of hydrazone groups is 1. The van der Waals surface area contributed by atoms with Crippen molar-refractivity contribution in [1.82, 2.24) is 5.43 Å². The molecule has 0 aliphatic rings. The molecule has 7 heteroatoms. The number of hydrogen-bond donors (Lipinski definition) is 2. The van der Waals surface area contributed by atoms with Crippen LogP contribution < -0.4 is 5.43 Å². The molecule has 0 aromatic heterocycles. The molecule has 2 aromatic rings. The van der Waals surface area contributed by atoms with Gasteiger partial charge in [0.1, 0.15) is 11.6 Å². The van der Waals surface area contributed by atoms with Gasteiger partial charge in [-0.3, -0.25) is 4.79 Å². The zero-order valence-corrected chi connectivity index (χ0v) is 12.0. The Morgan fingerprint density at radius 1 is 1.24 bits per heavy atom. The number of carbonyl (C=O) groups excluding carboxylic acids is 1. The van der Waals surface area contributed by atoms with Crippen LogP contribution in [0, 0.1) is 5.82 Å². The van der Waals surface area contributed by atoms with Crippen LogP contribution in [0.3, 0.4) is 0 Å². The fourth-order valence-electron chi connectivity index (χ4n) is 1.51. The maximum Gasteiger partial charge on any atom is 0.271 e. The van der Waals surface area contributed by atoms with Gasteiger partial charge in [0, 0.05) is 16.1 Å². The Kier molecular flexibility index (Phi) is 4.77. The number of phenols is 1. The van der Waals surface area contributed by atoms with Gasteiger partial charge in [-0.25, -0.2) is 9.82 Å². The Morgan fingerprint density at radius 3 is 2.57 bits per heavy atom. The molecule has 0 atom stereocenters. The summed E-state index contributed by atoms with van der Waals surface area (Å²) in [4.78, 5) is 11.7. The fourth-order valence-corrected chi connectivity index (χ4v) is 2.02. The summed E-state index contributed by atoms with van der Waals surface area (Å²) in [6.45, 7) is 0.